The van der Waals surface area contributed by atoms with Crippen LogP contribution in [-0.2, 0) is 5.41 Å². The Hall–Kier alpha value is -2.24. The van der Waals surface area contributed by atoms with E-state index in [0.717, 1.165) is 26.9 Å². The van der Waals surface area contributed by atoms with Crippen molar-refractivity contribution in [3.63, 3.8) is 0 Å². The van der Waals surface area contributed by atoms with Crippen LogP contribution in [0.15, 0.2) is 60.9 Å². The van der Waals surface area contributed by atoms with Crippen LogP contribution in [0.1, 0.15) is 27.7 Å². The standard InChI is InChI=1S/C27H28GeN2S/c1-27(2,3)21-15-18(14-17-10-7-8-11-19(17)21)23-26-24(30-16-29-23)20-12-9-13-22(25(20)31-26)28(4,5)6/h7-16H,1-6H3/i16D. The summed E-state index contributed by atoms with van der Waals surface area (Å²) in [6.07, 6.45) is 0.0837. The Balaban J connectivity index is 1.89. The quantitative estimate of drug-likeness (QED) is 0.242. The van der Waals surface area contributed by atoms with Crippen LogP contribution in [0.25, 0.3) is 42.3 Å². The molecule has 31 heavy (non-hydrogen) atoms. The molecule has 0 N–H and O–H groups in total. The van der Waals surface area contributed by atoms with Gasteiger partial charge >= 0.3 is 193 Å². The van der Waals surface area contributed by atoms with Gasteiger partial charge in [-0.05, 0) is 0 Å². The van der Waals surface area contributed by atoms with Crippen LogP contribution in [0, 0.1) is 0 Å². The van der Waals surface area contributed by atoms with E-state index in [4.69, 9.17) is 1.37 Å². The molecule has 0 amide bonds. The zero-order chi connectivity index (χ0) is 22.8. The maximum atomic E-state index is 8.39. The minimum atomic E-state index is -2.07. The first kappa shape index (κ1) is 19.4. The summed E-state index contributed by atoms with van der Waals surface area (Å²) >= 11 is -0.267. The molecule has 0 radical (unpaired) electrons. The number of rotatable bonds is 2. The molecule has 0 fully saturated rings. The molecular formula is C27H28GeN2S. The van der Waals surface area contributed by atoms with Gasteiger partial charge in [-0.1, -0.05) is 0 Å². The molecule has 5 aromatic rings. The van der Waals surface area contributed by atoms with Crippen molar-refractivity contribution in [1.29, 1.82) is 0 Å². The second kappa shape index (κ2) is 7.14. The summed E-state index contributed by atoms with van der Waals surface area (Å²) < 4.78 is 12.3. The van der Waals surface area contributed by atoms with Crippen molar-refractivity contribution in [3.05, 3.63) is 66.5 Å². The second-order valence-corrected chi connectivity index (χ2v) is 22.0. The van der Waals surface area contributed by atoms with E-state index in [0.29, 0.717) is 0 Å². The Bertz CT molecular complexity index is 1510. The van der Waals surface area contributed by atoms with Crippen molar-refractivity contribution < 1.29 is 1.37 Å². The van der Waals surface area contributed by atoms with E-state index < -0.39 is 13.3 Å². The Kier molecular flexibility index (Phi) is 4.48. The van der Waals surface area contributed by atoms with E-state index in [1.807, 2.05) is 0 Å². The van der Waals surface area contributed by atoms with Crippen LogP contribution in [0.5, 0.6) is 0 Å². The first-order valence-electron chi connectivity index (χ1n) is 11.3. The Labute approximate surface area is 192 Å². The molecule has 0 aliphatic rings. The number of fused-ring (bicyclic) bond motifs is 4. The molecule has 0 saturated carbocycles. The molecule has 2 aromatic heterocycles. The van der Waals surface area contributed by atoms with Crippen molar-refractivity contribution in [3.8, 4) is 11.3 Å². The molecule has 4 heteroatoms. The minimum absolute atomic E-state index is 0.00131. The molecule has 156 valence electrons. The molecule has 0 unspecified atom stereocenters. The second-order valence-electron chi connectivity index (χ2n) is 10.4. The molecule has 0 spiro atoms. The van der Waals surface area contributed by atoms with Crippen LogP contribution >= 0.6 is 11.3 Å². The van der Waals surface area contributed by atoms with Gasteiger partial charge in [-0.25, -0.2) is 0 Å². The summed E-state index contributed by atoms with van der Waals surface area (Å²) in [6, 6.07) is 19.7. The van der Waals surface area contributed by atoms with E-state index in [1.54, 1.807) is 11.3 Å². The first-order valence-corrected chi connectivity index (χ1v) is 18.9. The van der Waals surface area contributed by atoms with Gasteiger partial charge in [-0.15, -0.1) is 0 Å². The van der Waals surface area contributed by atoms with E-state index in [1.165, 1.54) is 25.4 Å². The average molecular weight is 486 g/mol. The number of nitrogens with zero attached hydrogens (tertiary/aromatic N) is 2. The first-order chi connectivity index (χ1) is 15.0. The SMILES string of the molecule is [2H]c1nc(-c2cc(C(C)(C)C)c3ccccc3c2)c2sc3[c]([Ge]([CH3])([CH3])[CH3])cccc3c2n1. The fraction of sp³-hybridized carbons (Fsp3) is 0.259. The summed E-state index contributed by atoms with van der Waals surface area (Å²) in [5.74, 6) is 7.29. The predicted octanol–water partition coefficient (Wildman–Crippen LogP) is 7.51. The number of benzene rings is 3. The van der Waals surface area contributed by atoms with Crippen molar-refractivity contribution in [2.45, 2.75) is 43.5 Å². The van der Waals surface area contributed by atoms with E-state index in [-0.39, 0.29) is 11.7 Å². The Morgan fingerprint density at radius 1 is 0.871 bits per heavy atom. The van der Waals surface area contributed by atoms with E-state index in [9.17, 15) is 0 Å². The molecule has 0 saturated heterocycles. The number of aromatic nitrogens is 2. The number of hydrogen-bond acceptors (Lipinski definition) is 3. The van der Waals surface area contributed by atoms with Crippen molar-refractivity contribution >= 4 is 60.1 Å². The number of hydrogen-bond donors (Lipinski definition) is 0. The fourth-order valence-corrected chi connectivity index (χ4v) is 10.5. The van der Waals surface area contributed by atoms with Gasteiger partial charge in [-0.2, -0.15) is 0 Å². The molecular weight excluding hydrogens is 457 g/mol. The molecule has 2 nitrogen and oxygen atoms in total. The van der Waals surface area contributed by atoms with Crippen LogP contribution in [0.2, 0.25) is 17.3 Å². The van der Waals surface area contributed by atoms with Gasteiger partial charge in [0.25, 0.3) is 0 Å². The van der Waals surface area contributed by atoms with Crippen LogP contribution in [-0.4, -0.2) is 23.2 Å². The Morgan fingerprint density at radius 2 is 1.61 bits per heavy atom. The maximum absolute atomic E-state index is 8.39. The topological polar surface area (TPSA) is 25.8 Å². The van der Waals surface area contributed by atoms with Crippen molar-refractivity contribution in [2.75, 3.05) is 0 Å². The molecule has 0 bridgehead atoms. The van der Waals surface area contributed by atoms with E-state index in [2.05, 4.69) is 103 Å². The van der Waals surface area contributed by atoms with Gasteiger partial charge in [0.15, 0.2) is 0 Å². The summed E-state index contributed by atoms with van der Waals surface area (Å²) in [5.41, 5.74) is 4.16. The molecule has 3 aromatic carbocycles. The summed E-state index contributed by atoms with van der Waals surface area (Å²) in [6.45, 7) is 6.77. The zero-order valence-corrected chi connectivity index (χ0v) is 21.9. The van der Waals surface area contributed by atoms with Gasteiger partial charge in [0.1, 0.15) is 0 Å². The van der Waals surface area contributed by atoms with Crippen LogP contribution < -0.4 is 4.40 Å². The third kappa shape index (κ3) is 3.48. The molecule has 2 heterocycles. The normalized spacial score (nSPS) is 13.3. The third-order valence-electron chi connectivity index (χ3n) is 5.98. The number of thiophene rings is 1. The fourth-order valence-electron chi connectivity index (χ4n) is 4.41. The van der Waals surface area contributed by atoms with Gasteiger partial charge in [0, 0.05) is 0 Å². The molecule has 0 aliphatic heterocycles. The van der Waals surface area contributed by atoms with Crippen LogP contribution in [0.3, 0.4) is 0 Å². The van der Waals surface area contributed by atoms with Gasteiger partial charge in [-0.3, -0.25) is 0 Å². The van der Waals surface area contributed by atoms with Gasteiger partial charge in [0.2, 0.25) is 0 Å². The van der Waals surface area contributed by atoms with Crippen molar-refractivity contribution in [1.82, 2.24) is 9.97 Å². The van der Waals surface area contributed by atoms with Crippen molar-refractivity contribution in [2.24, 2.45) is 0 Å². The summed E-state index contributed by atoms with van der Waals surface area (Å²) in [4.78, 5) is 9.26. The van der Waals surface area contributed by atoms with E-state index >= 15 is 0 Å². The molecule has 5 rings (SSSR count). The third-order valence-corrected chi connectivity index (χ3v) is 11.9. The van der Waals surface area contributed by atoms with Gasteiger partial charge in [0.05, 0.1) is 0 Å². The average Bonchev–Trinajstić information content (AvgIpc) is 3.09. The predicted molar refractivity (Wildman–Crippen MR) is 140 cm³/mol. The molecule has 0 atom stereocenters. The summed E-state index contributed by atoms with van der Waals surface area (Å²) in [7, 11) is 0. The summed E-state index contributed by atoms with van der Waals surface area (Å²) in [5, 5.41) is 3.65. The molecule has 0 aliphatic carbocycles. The monoisotopic (exact) mass is 487 g/mol. The Morgan fingerprint density at radius 3 is 2.35 bits per heavy atom. The zero-order valence-electron chi connectivity index (χ0n) is 20.0. The van der Waals surface area contributed by atoms with Gasteiger partial charge < -0.3 is 0 Å². The van der Waals surface area contributed by atoms with Crippen LogP contribution in [0.4, 0.5) is 0 Å².